The maximum absolute atomic E-state index is 6.60. The molecule has 0 spiro atoms. The Kier molecular flexibility index (Phi) is 7.21. The van der Waals surface area contributed by atoms with Crippen molar-refractivity contribution in [3.05, 3.63) is 24.3 Å². The molecule has 0 saturated heterocycles. The van der Waals surface area contributed by atoms with Crippen LogP contribution in [-0.2, 0) is 8.85 Å². The second-order valence-corrected chi connectivity index (χ2v) is 9.85. The van der Waals surface area contributed by atoms with E-state index < -0.39 is 8.56 Å². The lowest BCUT2D eigenvalue weighted by atomic mass is 10.3. The van der Waals surface area contributed by atoms with Crippen molar-refractivity contribution in [2.45, 2.75) is 76.3 Å². The van der Waals surface area contributed by atoms with E-state index in [1.165, 1.54) is 38.5 Å². The van der Waals surface area contributed by atoms with Gasteiger partial charge in [-0.1, -0.05) is 51.0 Å². The molecule has 0 aliphatic heterocycles. The highest BCUT2D eigenvalue weighted by Gasteiger charge is 2.51. The van der Waals surface area contributed by atoms with E-state index in [9.17, 15) is 0 Å². The standard InChI is InChI=1S/C18H32O2Si/c1-3-5-15-19-21(20-16-6-4-2,17-11-7-8-12-17)18-13-9-10-14-18/h7,9,11,13,17-18H,3-6,8,10,12,14-16H2,1-2H3. The molecule has 0 amide bonds. The maximum Gasteiger partial charge on any atom is 0.352 e. The first kappa shape index (κ1) is 17.0. The number of hydrogen-bond donors (Lipinski definition) is 0. The Labute approximate surface area is 131 Å². The SMILES string of the molecule is CCCCO[Si](OCCCC)(C1C=CCC1)C1C=CCC1. The van der Waals surface area contributed by atoms with E-state index in [0.29, 0.717) is 11.1 Å². The third-order valence-electron chi connectivity index (χ3n) is 4.71. The Morgan fingerprint density at radius 2 is 1.33 bits per heavy atom. The van der Waals surface area contributed by atoms with E-state index in [4.69, 9.17) is 8.85 Å². The Balaban J connectivity index is 2.13. The molecule has 0 aromatic heterocycles. The van der Waals surface area contributed by atoms with Gasteiger partial charge >= 0.3 is 8.56 Å². The molecule has 2 aliphatic carbocycles. The van der Waals surface area contributed by atoms with Gasteiger partial charge in [0.1, 0.15) is 0 Å². The molecular formula is C18H32O2Si. The van der Waals surface area contributed by atoms with Gasteiger partial charge < -0.3 is 8.85 Å². The van der Waals surface area contributed by atoms with Crippen molar-refractivity contribution >= 4 is 8.56 Å². The van der Waals surface area contributed by atoms with Crippen molar-refractivity contribution < 1.29 is 8.85 Å². The molecule has 2 atom stereocenters. The van der Waals surface area contributed by atoms with Gasteiger partial charge in [0, 0.05) is 24.3 Å². The lowest BCUT2D eigenvalue weighted by Gasteiger charge is -2.39. The van der Waals surface area contributed by atoms with E-state index in [2.05, 4.69) is 38.2 Å². The van der Waals surface area contributed by atoms with E-state index in [1.54, 1.807) is 0 Å². The van der Waals surface area contributed by atoms with E-state index in [1.807, 2.05) is 0 Å². The molecule has 0 aromatic rings. The summed E-state index contributed by atoms with van der Waals surface area (Å²) in [7, 11) is -2.18. The lowest BCUT2D eigenvalue weighted by molar-refractivity contribution is 0.151. The summed E-state index contributed by atoms with van der Waals surface area (Å²) in [6.45, 7) is 6.22. The highest BCUT2D eigenvalue weighted by atomic mass is 28.4. The average molecular weight is 309 g/mol. The Bertz CT molecular complexity index is 317. The fraction of sp³-hybridized carbons (Fsp3) is 0.778. The topological polar surface area (TPSA) is 18.5 Å². The predicted molar refractivity (Wildman–Crippen MR) is 91.7 cm³/mol. The molecule has 21 heavy (non-hydrogen) atoms. The third kappa shape index (κ3) is 4.30. The molecule has 0 fully saturated rings. The Morgan fingerprint density at radius 3 is 1.67 bits per heavy atom. The Morgan fingerprint density at radius 1 is 0.857 bits per heavy atom. The van der Waals surface area contributed by atoms with Crippen LogP contribution < -0.4 is 0 Å². The normalized spacial score (nSPS) is 25.0. The Hall–Kier alpha value is -0.383. The molecule has 3 heteroatoms. The van der Waals surface area contributed by atoms with Gasteiger partial charge in [-0.15, -0.1) is 0 Å². The first-order valence-electron chi connectivity index (χ1n) is 8.94. The van der Waals surface area contributed by atoms with Gasteiger partial charge in [-0.3, -0.25) is 0 Å². The van der Waals surface area contributed by atoms with Crippen LogP contribution in [0.3, 0.4) is 0 Å². The molecule has 0 bridgehead atoms. The van der Waals surface area contributed by atoms with Crippen molar-refractivity contribution in [1.29, 1.82) is 0 Å². The molecule has 120 valence electrons. The molecule has 2 unspecified atom stereocenters. The van der Waals surface area contributed by atoms with Gasteiger partial charge in [0.05, 0.1) is 0 Å². The summed E-state index contributed by atoms with van der Waals surface area (Å²) in [5, 5.41) is 0. The van der Waals surface area contributed by atoms with Crippen molar-refractivity contribution in [3.8, 4) is 0 Å². The van der Waals surface area contributed by atoms with Gasteiger partial charge in [-0.25, -0.2) is 0 Å². The molecule has 0 N–H and O–H groups in total. The van der Waals surface area contributed by atoms with Crippen LogP contribution in [0.1, 0.15) is 65.2 Å². The highest BCUT2D eigenvalue weighted by Crippen LogP contribution is 2.46. The summed E-state index contributed by atoms with van der Waals surface area (Å²) >= 11 is 0. The van der Waals surface area contributed by atoms with Crippen molar-refractivity contribution in [1.82, 2.24) is 0 Å². The smallest absolute Gasteiger partial charge is 0.352 e. The number of hydrogen-bond acceptors (Lipinski definition) is 2. The molecule has 0 saturated carbocycles. The van der Waals surface area contributed by atoms with Crippen LogP contribution in [0.2, 0.25) is 11.1 Å². The summed E-state index contributed by atoms with van der Waals surface area (Å²) in [4.78, 5) is 0. The van der Waals surface area contributed by atoms with Crippen molar-refractivity contribution in [3.63, 3.8) is 0 Å². The minimum Gasteiger partial charge on any atom is -0.394 e. The quantitative estimate of drug-likeness (QED) is 0.301. The number of allylic oxidation sites excluding steroid dienone is 4. The van der Waals surface area contributed by atoms with E-state index in [-0.39, 0.29) is 0 Å². The monoisotopic (exact) mass is 308 g/mol. The van der Waals surface area contributed by atoms with Crippen molar-refractivity contribution in [2.75, 3.05) is 13.2 Å². The van der Waals surface area contributed by atoms with Gasteiger partial charge in [-0.2, -0.15) is 0 Å². The zero-order valence-electron chi connectivity index (χ0n) is 13.9. The zero-order valence-corrected chi connectivity index (χ0v) is 14.9. The lowest BCUT2D eigenvalue weighted by Crippen LogP contribution is -2.50. The fourth-order valence-corrected chi connectivity index (χ4v) is 7.80. The van der Waals surface area contributed by atoms with Crippen LogP contribution in [-0.4, -0.2) is 21.8 Å². The van der Waals surface area contributed by atoms with Crippen molar-refractivity contribution in [2.24, 2.45) is 0 Å². The minimum atomic E-state index is -2.18. The van der Waals surface area contributed by atoms with Gasteiger partial charge in [0.25, 0.3) is 0 Å². The van der Waals surface area contributed by atoms with Crippen LogP contribution >= 0.6 is 0 Å². The first-order chi connectivity index (χ1) is 10.3. The molecule has 0 radical (unpaired) electrons. The van der Waals surface area contributed by atoms with Crippen LogP contribution in [0.15, 0.2) is 24.3 Å². The summed E-state index contributed by atoms with van der Waals surface area (Å²) in [6, 6.07) is 0. The summed E-state index contributed by atoms with van der Waals surface area (Å²) < 4.78 is 13.2. The summed E-state index contributed by atoms with van der Waals surface area (Å²) in [5.74, 6) is 0. The predicted octanol–water partition coefficient (Wildman–Crippen LogP) is 5.50. The van der Waals surface area contributed by atoms with Crippen LogP contribution in [0.4, 0.5) is 0 Å². The molecule has 2 nitrogen and oxygen atoms in total. The van der Waals surface area contributed by atoms with Gasteiger partial charge in [0.15, 0.2) is 0 Å². The minimum absolute atomic E-state index is 0.555. The first-order valence-corrected chi connectivity index (χ1v) is 10.9. The number of rotatable bonds is 10. The molecule has 0 aromatic carbocycles. The maximum atomic E-state index is 6.60. The largest absolute Gasteiger partial charge is 0.394 e. The number of unbranched alkanes of at least 4 members (excludes halogenated alkanes) is 2. The van der Waals surface area contributed by atoms with Gasteiger partial charge in [0.2, 0.25) is 0 Å². The summed E-state index contributed by atoms with van der Waals surface area (Å²) in [5.41, 5.74) is 1.11. The molecule has 2 rings (SSSR count). The second-order valence-electron chi connectivity index (χ2n) is 6.35. The zero-order chi connectivity index (χ0) is 15.0. The molecule has 0 heterocycles. The third-order valence-corrected chi connectivity index (χ3v) is 9.05. The highest BCUT2D eigenvalue weighted by molar-refractivity contribution is 6.71. The summed E-state index contributed by atoms with van der Waals surface area (Å²) in [6.07, 6.45) is 19.0. The fourth-order valence-electron chi connectivity index (χ4n) is 3.43. The molecule has 2 aliphatic rings. The van der Waals surface area contributed by atoms with Crippen LogP contribution in [0, 0.1) is 0 Å². The van der Waals surface area contributed by atoms with Crippen LogP contribution in [0.25, 0.3) is 0 Å². The second kappa shape index (κ2) is 8.91. The van der Waals surface area contributed by atoms with Crippen LogP contribution in [0.5, 0.6) is 0 Å². The molecular weight excluding hydrogens is 276 g/mol. The average Bonchev–Trinajstić information content (AvgIpc) is 3.19. The van der Waals surface area contributed by atoms with Gasteiger partial charge in [-0.05, 0) is 38.5 Å². The van der Waals surface area contributed by atoms with E-state index in [0.717, 1.165) is 26.1 Å². The van der Waals surface area contributed by atoms with E-state index >= 15 is 0 Å².